The van der Waals surface area contributed by atoms with Gasteiger partial charge in [0.2, 0.25) is 0 Å². The van der Waals surface area contributed by atoms with Gasteiger partial charge in [-0.25, -0.2) is 0 Å². The minimum atomic E-state index is -1.36. The van der Waals surface area contributed by atoms with Crippen LogP contribution in [-0.4, -0.2) is 27.7 Å². The lowest BCUT2D eigenvalue weighted by atomic mass is 9.62. The predicted octanol–water partition coefficient (Wildman–Crippen LogP) is 3.86. The lowest BCUT2D eigenvalue weighted by molar-refractivity contribution is -0.148. The molecule has 132 valence electrons. The van der Waals surface area contributed by atoms with E-state index >= 15 is 0 Å². The first-order chi connectivity index (χ1) is 11.6. The van der Waals surface area contributed by atoms with E-state index in [1.807, 2.05) is 6.08 Å². The van der Waals surface area contributed by atoms with Crippen LogP contribution < -0.4 is 0 Å². The van der Waals surface area contributed by atoms with E-state index in [0.717, 1.165) is 31.3 Å². The Morgan fingerprint density at radius 1 is 1.38 bits per heavy atom. The molecule has 3 heteroatoms. The van der Waals surface area contributed by atoms with Crippen LogP contribution in [0.25, 0.3) is 0 Å². The van der Waals surface area contributed by atoms with Crippen molar-refractivity contribution in [2.75, 3.05) is 0 Å². The maximum absolute atomic E-state index is 12.1. The highest BCUT2D eigenvalue weighted by Gasteiger charge is 2.59. The van der Waals surface area contributed by atoms with Gasteiger partial charge < -0.3 is 10.2 Å². The number of ketones is 1. The lowest BCUT2D eigenvalue weighted by Gasteiger charge is -2.44. The van der Waals surface area contributed by atoms with Gasteiger partial charge in [-0.05, 0) is 75.9 Å². The van der Waals surface area contributed by atoms with Crippen LogP contribution in [-0.2, 0) is 4.79 Å². The van der Waals surface area contributed by atoms with E-state index in [-0.39, 0.29) is 11.7 Å². The summed E-state index contributed by atoms with van der Waals surface area (Å²) >= 11 is 0. The molecule has 0 spiro atoms. The molecule has 24 heavy (non-hydrogen) atoms. The Kier molecular flexibility index (Phi) is 4.26. The maximum atomic E-state index is 12.1. The summed E-state index contributed by atoms with van der Waals surface area (Å²) in [7, 11) is 0. The van der Waals surface area contributed by atoms with Crippen LogP contribution in [0.1, 0.15) is 67.1 Å². The Hall–Kier alpha value is -1.19. The number of fused-ring (bicyclic) bond motifs is 1. The monoisotopic (exact) mass is 332 g/mol. The molecular weight excluding hydrogens is 300 g/mol. The van der Waals surface area contributed by atoms with E-state index in [1.54, 1.807) is 0 Å². The van der Waals surface area contributed by atoms with Crippen molar-refractivity contribution in [3.8, 4) is 0 Å². The van der Waals surface area contributed by atoms with Crippen molar-refractivity contribution in [3.63, 3.8) is 0 Å². The Morgan fingerprint density at radius 3 is 2.83 bits per heavy atom. The summed E-state index contributed by atoms with van der Waals surface area (Å²) in [4.78, 5) is 12.1. The van der Waals surface area contributed by atoms with Crippen molar-refractivity contribution < 1.29 is 16.4 Å². The molecule has 4 atom stereocenters. The largest absolute Gasteiger partial charge is 0.393 e. The fourth-order valence-electron chi connectivity index (χ4n) is 4.95. The first kappa shape index (κ1) is 16.3. The third-order valence-corrected chi connectivity index (χ3v) is 6.75. The molecule has 0 saturated heterocycles. The van der Waals surface area contributed by atoms with Gasteiger partial charge in [-0.15, -0.1) is 0 Å². The normalized spacial score (nSPS) is 43.6. The molecule has 3 rings (SSSR count). The van der Waals surface area contributed by atoms with E-state index in [2.05, 4.69) is 26.0 Å². The van der Waals surface area contributed by atoms with Gasteiger partial charge in [-0.1, -0.05) is 30.7 Å². The minimum absolute atomic E-state index is 0.118. The third kappa shape index (κ3) is 2.72. The molecule has 1 fully saturated rings. The Bertz CT molecular complexity index is 673. The van der Waals surface area contributed by atoms with Crippen molar-refractivity contribution in [2.45, 2.75) is 77.4 Å². The minimum Gasteiger partial charge on any atom is -0.393 e. The number of allylic oxidation sites excluding steroid dienone is 5. The molecule has 0 unspecified atom stereocenters. The molecule has 0 radical (unpaired) electrons. The Labute approximate surface area is 146 Å². The average Bonchev–Trinajstić information content (AvgIpc) is 2.82. The Balaban J connectivity index is 1.85. The molecule has 0 aliphatic heterocycles. The first-order valence-corrected chi connectivity index (χ1v) is 9.12. The van der Waals surface area contributed by atoms with Crippen LogP contribution in [0, 0.1) is 11.3 Å². The number of carbonyl (C=O) groups excluding carboxylic acids is 1. The zero-order valence-corrected chi connectivity index (χ0v) is 15.1. The van der Waals surface area contributed by atoms with Crippen LogP contribution in [0.4, 0.5) is 0 Å². The van der Waals surface area contributed by atoms with Gasteiger partial charge in [0, 0.05) is 5.41 Å². The van der Waals surface area contributed by atoms with Crippen LogP contribution in [0.15, 0.2) is 34.9 Å². The topological polar surface area (TPSA) is 57.5 Å². The molecule has 0 aromatic carbocycles. The smallest absolute Gasteiger partial charge is 0.161 e. The summed E-state index contributed by atoms with van der Waals surface area (Å²) in [6.07, 6.45) is 9.65. The zero-order chi connectivity index (χ0) is 18.5. The second-order valence-corrected chi connectivity index (χ2v) is 8.05. The fraction of sp³-hybridized carbons (Fsp3) is 0.667. The van der Waals surface area contributed by atoms with E-state index in [1.165, 1.54) is 18.1 Å². The third-order valence-electron chi connectivity index (χ3n) is 6.75. The van der Waals surface area contributed by atoms with E-state index < -0.39 is 17.1 Å². The van der Waals surface area contributed by atoms with Crippen LogP contribution >= 0.6 is 0 Å². The Morgan fingerprint density at radius 2 is 2.12 bits per heavy atom. The van der Waals surface area contributed by atoms with Gasteiger partial charge in [-0.2, -0.15) is 0 Å². The molecule has 3 aliphatic carbocycles. The molecule has 1 saturated carbocycles. The fourth-order valence-corrected chi connectivity index (χ4v) is 4.95. The van der Waals surface area contributed by atoms with Crippen molar-refractivity contribution in [3.05, 3.63) is 34.9 Å². The van der Waals surface area contributed by atoms with Crippen molar-refractivity contribution in [2.24, 2.45) is 11.3 Å². The van der Waals surface area contributed by atoms with Gasteiger partial charge in [0.05, 0.1) is 7.45 Å². The number of carbonyl (C=O) groups is 1. The summed E-state index contributed by atoms with van der Waals surface area (Å²) < 4.78 is 7.92. The van der Waals surface area contributed by atoms with Gasteiger partial charge >= 0.3 is 0 Å². The SMILES string of the molecule is [3H][C@]1(O)CCC(C)=C(C=CC2=CCC[C@@]3(C)[C@H]2CC[C@]3(O)C(C)=O)C1. The van der Waals surface area contributed by atoms with Gasteiger partial charge in [0.25, 0.3) is 0 Å². The molecule has 3 nitrogen and oxygen atoms in total. The van der Waals surface area contributed by atoms with E-state index in [9.17, 15) is 15.0 Å². The van der Waals surface area contributed by atoms with Crippen LogP contribution in [0.5, 0.6) is 0 Å². The van der Waals surface area contributed by atoms with Gasteiger partial charge in [0.15, 0.2) is 5.78 Å². The molecule has 2 N–H and O–H groups in total. The van der Waals surface area contributed by atoms with Crippen molar-refractivity contribution in [1.82, 2.24) is 0 Å². The lowest BCUT2D eigenvalue weighted by Crippen LogP contribution is -2.51. The summed E-state index contributed by atoms with van der Waals surface area (Å²) in [5, 5.41) is 21.0. The molecule has 0 amide bonds. The van der Waals surface area contributed by atoms with Gasteiger partial charge in [-0.3, -0.25) is 4.79 Å². The average molecular weight is 332 g/mol. The number of rotatable bonds is 3. The molecule has 0 heterocycles. The zero-order valence-electron chi connectivity index (χ0n) is 16.1. The van der Waals surface area contributed by atoms with E-state index in [4.69, 9.17) is 1.37 Å². The number of hydrogen-bond acceptors (Lipinski definition) is 3. The molecule has 0 aromatic rings. The van der Waals surface area contributed by atoms with Crippen LogP contribution in [0.3, 0.4) is 0 Å². The highest BCUT2D eigenvalue weighted by atomic mass is 16.3. The van der Waals surface area contributed by atoms with E-state index in [0.29, 0.717) is 19.3 Å². The maximum Gasteiger partial charge on any atom is 0.161 e. The summed E-state index contributed by atoms with van der Waals surface area (Å²) in [6.45, 7) is 5.63. The predicted molar refractivity (Wildman–Crippen MR) is 95.5 cm³/mol. The quantitative estimate of drug-likeness (QED) is 0.825. The van der Waals surface area contributed by atoms with Crippen molar-refractivity contribution >= 4 is 5.78 Å². The number of aliphatic hydroxyl groups is 2. The molecular formula is C21H30O3. The second-order valence-electron chi connectivity index (χ2n) is 8.05. The molecule has 0 bridgehead atoms. The molecule has 3 aliphatic rings. The first-order valence-electron chi connectivity index (χ1n) is 9.62. The highest BCUT2D eigenvalue weighted by molar-refractivity contribution is 5.86. The standard InChI is InChI=1S/C21H30O3/c1-14-6-9-18(23)13-17(14)8-7-16-5-4-11-20(3)19(16)10-12-21(20,24)15(2)22/h5,7-8,18-19,23-24H,4,6,9-13H2,1-3H3/t18-,19-,20-,21-/m0/s1/i18T. The van der Waals surface area contributed by atoms with Crippen molar-refractivity contribution in [1.29, 1.82) is 0 Å². The number of Topliss-reactive ketones (excluding diaryl/α,β-unsaturated/α-hetero) is 1. The van der Waals surface area contributed by atoms with Gasteiger partial charge in [0.1, 0.15) is 5.60 Å². The summed E-state index contributed by atoms with van der Waals surface area (Å²) in [5.41, 5.74) is 1.84. The van der Waals surface area contributed by atoms with Crippen LogP contribution in [0.2, 0.25) is 0 Å². The summed E-state index contributed by atoms with van der Waals surface area (Å²) in [5.74, 6) is 0.0682. The highest BCUT2D eigenvalue weighted by Crippen LogP contribution is 2.58. The summed E-state index contributed by atoms with van der Waals surface area (Å²) in [6, 6.07) is 0. The molecule has 0 aromatic heterocycles. The second kappa shape index (κ2) is 6.27. The number of hydrogen-bond donors (Lipinski definition) is 2.